The topological polar surface area (TPSA) is 98.6 Å². The van der Waals surface area contributed by atoms with Crippen LogP contribution >= 0.6 is 0 Å². The Kier molecular flexibility index (Phi) is 8.18. The highest BCUT2D eigenvalue weighted by molar-refractivity contribution is 6.02. The third kappa shape index (κ3) is 5.87. The Morgan fingerprint density at radius 2 is 1.69 bits per heavy atom. The molecule has 2 amide bonds. The summed E-state index contributed by atoms with van der Waals surface area (Å²) in [5.41, 5.74) is 2.98. The van der Waals surface area contributed by atoms with E-state index in [-0.39, 0.29) is 18.4 Å². The highest BCUT2D eigenvalue weighted by Crippen LogP contribution is 2.36. The molecule has 9 nitrogen and oxygen atoms in total. The number of rotatable bonds is 10. The van der Waals surface area contributed by atoms with E-state index in [0.717, 1.165) is 11.1 Å². The minimum Gasteiger partial charge on any atom is -0.493 e. The number of methoxy groups -OCH3 is 2. The van der Waals surface area contributed by atoms with Gasteiger partial charge >= 0.3 is 0 Å². The molecule has 9 heteroatoms. The van der Waals surface area contributed by atoms with Gasteiger partial charge in [0, 0.05) is 11.2 Å². The molecule has 0 aliphatic carbocycles. The fourth-order valence-corrected chi connectivity index (χ4v) is 4.42. The van der Waals surface area contributed by atoms with Crippen LogP contribution in [0.2, 0.25) is 0 Å². The maximum Gasteiger partial charge on any atom is 0.249 e. The van der Waals surface area contributed by atoms with Crippen molar-refractivity contribution in [3.05, 3.63) is 77.9 Å². The van der Waals surface area contributed by atoms with Crippen LogP contribution in [-0.2, 0) is 16.1 Å². The Balaban J connectivity index is 1.88. The van der Waals surface area contributed by atoms with E-state index in [4.69, 9.17) is 9.47 Å². The first-order chi connectivity index (χ1) is 18.7. The van der Waals surface area contributed by atoms with E-state index in [0.29, 0.717) is 34.7 Å². The van der Waals surface area contributed by atoms with Crippen molar-refractivity contribution in [1.82, 2.24) is 20.3 Å². The van der Waals surface area contributed by atoms with E-state index in [9.17, 15) is 9.59 Å². The largest absolute Gasteiger partial charge is 0.493 e. The highest BCUT2D eigenvalue weighted by atomic mass is 16.5. The predicted molar refractivity (Wildman–Crippen MR) is 151 cm³/mol. The lowest BCUT2D eigenvalue weighted by molar-refractivity contribution is -0.128. The van der Waals surface area contributed by atoms with Crippen LogP contribution in [0.3, 0.4) is 0 Å². The molecule has 0 saturated heterocycles. The van der Waals surface area contributed by atoms with E-state index >= 15 is 0 Å². The van der Waals surface area contributed by atoms with Crippen LogP contribution in [0, 0.1) is 6.92 Å². The maximum atomic E-state index is 14.2. The molecule has 1 atom stereocenters. The summed E-state index contributed by atoms with van der Waals surface area (Å²) in [4.78, 5) is 29.9. The second-order valence-corrected chi connectivity index (χ2v) is 10.0. The molecule has 0 unspecified atom stereocenters. The summed E-state index contributed by atoms with van der Waals surface area (Å²) in [7, 11) is 3.09. The van der Waals surface area contributed by atoms with Gasteiger partial charge in [-0.15, -0.1) is 5.10 Å². The summed E-state index contributed by atoms with van der Waals surface area (Å²) in [5.74, 6) is 0.359. The summed E-state index contributed by atoms with van der Waals surface area (Å²) in [6, 6.07) is 19.2. The number of aromatic nitrogens is 3. The van der Waals surface area contributed by atoms with Gasteiger partial charge in [-0.2, -0.15) is 0 Å². The molecule has 1 N–H and O–H groups in total. The average Bonchev–Trinajstić information content (AvgIpc) is 3.34. The van der Waals surface area contributed by atoms with E-state index < -0.39 is 11.6 Å². The first-order valence-electron chi connectivity index (χ1n) is 12.9. The van der Waals surface area contributed by atoms with Gasteiger partial charge < -0.3 is 14.8 Å². The SMILES string of the molecule is CCC(C)(C)NC(=O)[C@@H](c1ccc(OC)c(OC)c1)N(C(=O)Cn1nnc2ccccc21)c1ccccc1C. The molecule has 0 saturated carbocycles. The van der Waals surface area contributed by atoms with Crippen molar-refractivity contribution in [2.75, 3.05) is 19.1 Å². The molecule has 0 radical (unpaired) electrons. The molecule has 0 fully saturated rings. The lowest BCUT2D eigenvalue weighted by atomic mass is 9.97. The molecule has 0 aliphatic heterocycles. The average molecular weight is 530 g/mol. The number of fused-ring (bicyclic) bond motifs is 1. The van der Waals surface area contributed by atoms with E-state index in [1.54, 1.807) is 34.9 Å². The van der Waals surface area contributed by atoms with Crippen molar-refractivity contribution in [2.45, 2.75) is 52.2 Å². The van der Waals surface area contributed by atoms with E-state index in [2.05, 4.69) is 15.6 Å². The van der Waals surface area contributed by atoms with Crippen LogP contribution in [0.15, 0.2) is 66.7 Å². The second kappa shape index (κ2) is 11.6. The number of ether oxygens (including phenoxy) is 2. The normalized spacial score (nSPS) is 12.2. The number of nitrogens with zero attached hydrogens (tertiary/aromatic N) is 4. The van der Waals surface area contributed by atoms with Crippen molar-refractivity contribution in [3.8, 4) is 11.5 Å². The molecular weight excluding hydrogens is 494 g/mol. The van der Waals surface area contributed by atoms with Gasteiger partial charge in [0.2, 0.25) is 11.8 Å². The molecule has 3 aromatic carbocycles. The summed E-state index contributed by atoms with van der Waals surface area (Å²) in [6.45, 7) is 7.73. The van der Waals surface area contributed by atoms with Crippen molar-refractivity contribution in [3.63, 3.8) is 0 Å². The minimum atomic E-state index is -1.00. The molecular formula is C30H35N5O4. The third-order valence-electron chi connectivity index (χ3n) is 6.92. The number of anilines is 1. The number of hydrogen-bond donors (Lipinski definition) is 1. The first kappa shape index (κ1) is 27.6. The van der Waals surface area contributed by atoms with Crippen molar-refractivity contribution >= 4 is 28.5 Å². The summed E-state index contributed by atoms with van der Waals surface area (Å²) in [5, 5.41) is 11.6. The van der Waals surface area contributed by atoms with Crippen LogP contribution in [0.4, 0.5) is 5.69 Å². The fourth-order valence-electron chi connectivity index (χ4n) is 4.42. The number of hydrogen-bond acceptors (Lipinski definition) is 6. The zero-order valence-electron chi connectivity index (χ0n) is 23.3. The second-order valence-electron chi connectivity index (χ2n) is 10.0. The van der Waals surface area contributed by atoms with E-state index in [1.807, 2.05) is 76.2 Å². The molecule has 1 heterocycles. The Morgan fingerprint density at radius 1 is 1.00 bits per heavy atom. The lowest BCUT2D eigenvalue weighted by Gasteiger charge is -2.35. The third-order valence-corrected chi connectivity index (χ3v) is 6.92. The number of benzene rings is 3. The van der Waals surface area contributed by atoms with E-state index in [1.165, 1.54) is 7.11 Å². The summed E-state index contributed by atoms with van der Waals surface area (Å²) < 4.78 is 12.5. The van der Waals surface area contributed by atoms with Gasteiger partial charge in [-0.05, 0) is 68.7 Å². The number of aryl methyl sites for hydroxylation is 1. The van der Waals surface area contributed by atoms with Gasteiger partial charge in [-0.3, -0.25) is 14.5 Å². The van der Waals surface area contributed by atoms with Gasteiger partial charge in [0.25, 0.3) is 0 Å². The number of para-hydroxylation sites is 2. The summed E-state index contributed by atoms with van der Waals surface area (Å²) >= 11 is 0. The number of amides is 2. The molecule has 1 aromatic heterocycles. The Bertz CT molecular complexity index is 1480. The van der Waals surface area contributed by atoms with Crippen LogP contribution in [0.25, 0.3) is 11.0 Å². The van der Waals surface area contributed by atoms with Gasteiger partial charge in [-0.25, -0.2) is 4.68 Å². The van der Waals surface area contributed by atoms with Crippen LogP contribution < -0.4 is 19.7 Å². The predicted octanol–water partition coefficient (Wildman–Crippen LogP) is 4.84. The number of carbonyl (C=O) groups is 2. The van der Waals surface area contributed by atoms with Gasteiger partial charge in [0.15, 0.2) is 11.5 Å². The minimum absolute atomic E-state index is 0.108. The van der Waals surface area contributed by atoms with Crippen LogP contribution in [-0.4, -0.2) is 46.6 Å². The fraction of sp³-hybridized carbons (Fsp3) is 0.333. The first-order valence-corrected chi connectivity index (χ1v) is 12.9. The van der Waals surface area contributed by atoms with Gasteiger partial charge in [-0.1, -0.05) is 48.5 Å². The molecule has 39 heavy (non-hydrogen) atoms. The standard InChI is InChI=1S/C30H35N5O4/c1-7-30(3,4)31-29(37)28(21-16-17-25(38-5)26(18-21)39-6)35(23-14-10-8-12-20(23)2)27(36)19-34-24-15-11-9-13-22(24)32-33-34/h8-18,28H,7,19H2,1-6H3,(H,31,37)/t28-/m1/s1. The van der Waals surface area contributed by atoms with Crippen molar-refractivity contribution in [1.29, 1.82) is 0 Å². The number of nitrogens with one attached hydrogen (secondary N) is 1. The van der Waals surface area contributed by atoms with Crippen molar-refractivity contribution in [2.24, 2.45) is 0 Å². The molecule has 0 aliphatic rings. The van der Waals surface area contributed by atoms with Crippen LogP contribution in [0.1, 0.15) is 44.4 Å². The van der Waals surface area contributed by atoms with Crippen molar-refractivity contribution < 1.29 is 19.1 Å². The zero-order chi connectivity index (χ0) is 28.2. The quantitative estimate of drug-likeness (QED) is 0.316. The Morgan fingerprint density at radius 3 is 2.38 bits per heavy atom. The zero-order valence-corrected chi connectivity index (χ0v) is 23.3. The number of carbonyl (C=O) groups excluding carboxylic acids is 2. The smallest absolute Gasteiger partial charge is 0.249 e. The Hall–Kier alpha value is -4.40. The molecule has 0 bridgehead atoms. The molecule has 204 valence electrons. The monoisotopic (exact) mass is 529 g/mol. The summed E-state index contributed by atoms with van der Waals surface area (Å²) in [6.07, 6.45) is 0.709. The molecule has 4 aromatic rings. The highest BCUT2D eigenvalue weighted by Gasteiger charge is 2.36. The molecule has 4 rings (SSSR count). The molecule has 0 spiro atoms. The van der Waals surface area contributed by atoms with Crippen LogP contribution in [0.5, 0.6) is 11.5 Å². The lowest BCUT2D eigenvalue weighted by Crippen LogP contribution is -2.51. The van der Waals surface area contributed by atoms with Gasteiger partial charge in [0.05, 0.1) is 19.7 Å². The van der Waals surface area contributed by atoms with Gasteiger partial charge in [0.1, 0.15) is 18.1 Å². The maximum absolute atomic E-state index is 14.2. The Labute approximate surface area is 228 Å².